The summed E-state index contributed by atoms with van der Waals surface area (Å²) in [6.07, 6.45) is 9.55. The highest BCUT2D eigenvalue weighted by Crippen LogP contribution is 2.54. The smallest absolute Gasteiger partial charge is 0.0984 e. The molecule has 0 radical (unpaired) electrons. The summed E-state index contributed by atoms with van der Waals surface area (Å²) in [5.74, 6) is 0. The summed E-state index contributed by atoms with van der Waals surface area (Å²) in [6, 6.07) is 6.55. The van der Waals surface area contributed by atoms with Gasteiger partial charge >= 0.3 is 0 Å². The second-order valence-electron chi connectivity index (χ2n) is 7.42. The second-order valence-corrected chi connectivity index (χ2v) is 10.3. The zero-order valence-electron chi connectivity index (χ0n) is 13.8. The molecular formula is C18H25IN2OS. The number of benzene rings is 1. The van der Waals surface area contributed by atoms with Crippen molar-refractivity contribution >= 4 is 45.3 Å². The molecule has 3 nitrogen and oxygen atoms in total. The molecular weight excluding hydrogens is 419 g/mol. The zero-order valence-corrected chi connectivity index (χ0v) is 16.8. The van der Waals surface area contributed by atoms with Gasteiger partial charge in [-0.05, 0) is 85.2 Å². The van der Waals surface area contributed by atoms with Gasteiger partial charge in [0.2, 0.25) is 0 Å². The van der Waals surface area contributed by atoms with Crippen LogP contribution in [0.15, 0.2) is 24.3 Å². The van der Waals surface area contributed by atoms with E-state index in [9.17, 15) is 4.21 Å². The van der Waals surface area contributed by atoms with Gasteiger partial charge in [-0.25, -0.2) is 4.21 Å². The molecule has 126 valence electrons. The van der Waals surface area contributed by atoms with Crippen LogP contribution in [-0.2, 0) is 11.0 Å². The molecule has 3 rings (SSSR count). The fourth-order valence-corrected chi connectivity index (χ4v) is 3.86. The van der Waals surface area contributed by atoms with E-state index in [0.29, 0.717) is 5.41 Å². The van der Waals surface area contributed by atoms with Gasteiger partial charge in [0.25, 0.3) is 0 Å². The monoisotopic (exact) mass is 444 g/mol. The van der Waals surface area contributed by atoms with Crippen LogP contribution in [0.4, 0.5) is 5.69 Å². The number of nitrogens with two attached hydrogens (primary N) is 1. The lowest BCUT2D eigenvalue weighted by Gasteiger charge is -2.35. The highest BCUT2D eigenvalue weighted by atomic mass is 127. The van der Waals surface area contributed by atoms with Crippen molar-refractivity contribution in [2.75, 3.05) is 18.0 Å². The van der Waals surface area contributed by atoms with Crippen molar-refractivity contribution in [3.05, 3.63) is 33.4 Å². The summed E-state index contributed by atoms with van der Waals surface area (Å²) < 4.78 is 12.4. The molecule has 2 N–H and O–H groups in total. The number of rotatable bonds is 4. The Balaban J connectivity index is 1.83. The molecule has 1 saturated heterocycles. The van der Waals surface area contributed by atoms with Crippen molar-refractivity contribution in [1.29, 1.82) is 0 Å². The minimum Gasteiger partial charge on any atom is -0.371 e. The average Bonchev–Trinajstić information content (AvgIpc) is 3.26. The first-order chi connectivity index (χ1) is 10.8. The summed E-state index contributed by atoms with van der Waals surface area (Å²) in [5.41, 5.74) is 3.17. The van der Waals surface area contributed by atoms with Crippen molar-refractivity contribution in [3.8, 4) is 0 Å². The van der Waals surface area contributed by atoms with E-state index in [1.807, 2.05) is 19.9 Å². The first-order valence-corrected chi connectivity index (χ1v) is 10.5. The Morgan fingerprint density at radius 1 is 1.26 bits per heavy atom. The quantitative estimate of drug-likeness (QED) is 0.712. The topological polar surface area (TPSA) is 46.3 Å². The Labute approximate surface area is 155 Å². The van der Waals surface area contributed by atoms with Crippen LogP contribution < -0.4 is 10.0 Å². The van der Waals surface area contributed by atoms with Gasteiger partial charge in [0.05, 0.1) is 15.7 Å². The Morgan fingerprint density at radius 3 is 2.48 bits per heavy atom. The van der Waals surface area contributed by atoms with Crippen molar-refractivity contribution in [2.24, 2.45) is 10.6 Å². The van der Waals surface area contributed by atoms with Gasteiger partial charge in [-0.15, -0.1) is 0 Å². The standard InChI is InChI=1S/C18H25IN2OS/c1-17(2,23(20)22)6-5-14-3-4-15(19)13-16(14)21-11-9-18(7-8-18)10-12-21/h3-6,13H,7-12,20H2,1-2H3/b6-5+. The minimum absolute atomic E-state index is 0.514. The van der Waals surface area contributed by atoms with Gasteiger partial charge in [0.15, 0.2) is 0 Å². The molecule has 23 heavy (non-hydrogen) atoms. The summed E-state index contributed by atoms with van der Waals surface area (Å²) in [7, 11) is -1.37. The summed E-state index contributed by atoms with van der Waals surface area (Å²) in [5, 5.41) is 5.59. The fourth-order valence-electron chi connectivity index (χ4n) is 3.19. The van der Waals surface area contributed by atoms with E-state index in [2.05, 4.69) is 51.8 Å². The molecule has 1 heterocycles. The van der Waals surface area contributed by atoms with Crippen molar-refractivity contribution in [1.82, 2.24) is 0 Å². The normalized spacial score (nSPS) is 21.8. The molecule has 1 spiro atoms. The van der Waals surface area contributed by atoms with Crippen molar-refractivity contribution in [3.63, 3.8) is 0 Å². The van der Waals surface area contributed by atoms with Crippen LogP contribution in [0.1, 0.15) is 45.1 Å². The summed E-state index contributed by atoms with van der Waals surface area (Å²) in [4.78, 5) is 2.51. The number of anilines is 1. The highest BCUT2D eigenvalue weighted by Gasteiger charge is 2.44. The van der Waals surface area contributed by atoms with E-state index in [-0.39, 0.29) is 0 Å². The Kier molecular flexibility index (Phi) is 4.91. The lowest BCUT2D eigenvalue weighted by Crippen LogP contribution is -2.35. The molecule has 5 heteroatoms. The lowest BCUT2D eigenvalue weighted by molar-refractivity contribution is 0.384. The SMILES string of the molecule is CC(C)(/C=C/c1ccc(I)cc1N1CCC2(CC1)CC2)S(N)=O. The molecule has 0 amide bonds. The first-order valence-electron chi connectivity index (χ1n) is 8.21. The number of halogens is 1. The zero-order chi connectivity index (χ0) is 16.7. The van der Waals surface area contributed by atoms with Crippen molar-refractivity contribution in [2.45, 2.75) is 44.3 Å². The third kappa shape index (κ3) is 3.99. The number of hydrogen-bond acceptors (Lipinski definition) is 2. The predicted octanol–water partition coefficient (Wildman–Crippen LogP) is 4.09. The van der Waals surface area contributed by atoms with E-state index >= 15 is 0 Å². The second kappa shape index (κ2) is 6.48. The van der Waals surface area contributed by atoms with Gasteiger partial charge in [-0.1, -0.05) is 18.2 Å². The van der Waals surface area contributed by atoms with E-state index < -0.39 is 15.7 Å². The minimum atomic E-state index is -1.37. The predicted molar refractivity (Wildman–Crippen MR) is 108 cm³/mol. The molecule has 1 saturated carbocycles. The van der Waals surface area contributed by atoms with Gasteiger partial charge in [-0.3, -0.25) is 5.14 Å². The van der Waals surface area contributed by atoms with Crippen LogP contribution in [0, 0.1) is 8.99 Å². The molecule has 1 aliphatic carbocycles. The maximum Gasteiger partial charge on any atom is 0.0984 e. The Morgan fingerprint density at radius 2 is 1.91 bits per heavy atom. The maximum absolute atomic E-state index is 11.6. The highest BCUT2D eigenvalue weighted by molar-refractivity contribution is 14.1. The Hall–Kier alpha value is -0.400. The molecule has 1 aliphatic heterocycles. The van der Waals surface area contributed by atoms with E-state index in [1.54, 1.807) is 0 Å². The maximum atomic E-state index is 11.6. The molecule has 0 aromatic heterocycles. The number of hydrogen-bond donors (Lipinski definition) is 1. The largest absolute Gasteiger partial charge is 0.371 e. The molecule has 1 aromatic carbocycles. The van der Waals surface area contributed by atoms with Crippen molar-refractivity contribution < 1.29 is 4.21 Å². The third-order valence-corrected chi connectivity index (χ3v) is 7.14. The van der Waals surface area contributed by atoms with Crippen LogP contribution in [0.3, 0.4) is 0 Å². The first kappa shape index (κ1) is 17.4. The average molecular weight is 444 g/mol. The summed E-state index contributed by atoms with van der Waals surface area (Å²) in [6.45, 7) is 6.10. The Bertz CT molecular complexity index is 642. The van der Waals surface area contributed by atoms with E-state index in [4.69, 9.17) is 5.14 Å². The molecule has 2 fully saturated rings. The molecule has 0 bridgehead atoms. The fraction of sp³-hybridized carbons (Fsp3) is 0.556. The van der Waals surface area contributed by atoms with Crippen LogP contribution >= 0.6 is 22.6 Å². The molecule has 1 unspecified atom stereocenters. The van der Waals surface area contributed by atoms with Crippen LogP contribution in [0.25, 0.3) is 6.08 Å². The molecule has 2 aliphatic rings. The van der Waals surface area contributed by atoms with Gasteiger partial charge in [0.1, 0.15) is 0 Å². The molecule has 1 atom stereocenters. The van der Waals surface area contributed by atoms with E-state index in [0.717, 1.165) is 13.1 Å². The third-order valence-electron chi connectivity index (χ3n) is 5.30. The lowest BCUT2D eigenvalue weighted by atomic mass is 9.93. The van der Waals surface area contributed by atoms with E-state index in [1.165, 1.54) is 40.5 Å². The summed E-state index contributed by atoms with van der Waals surface area (Å²) >= 11 is 2.37. The van der Waals surface area contributed by atoms with Gasteiger partial charge < -0.3 is 4.90 Å². The number of piperidine rings is 1. The molecule has 1 aromatic rings. The van der Waals surface area contributed by atoms with Crippen LogP contribution in [-0.4, -0.2) is 22.0 Å². The van der Waals surface area contributed by atoms with Gasteiger partial charge in [0, 0.05) is 22.3 Å². The van der Waals surface area contributed by atoms with Crippen LogP contribution in [0.2, 0.25) is 0 Å². The van der Waals surface area contributed by atoms with Gasteiger partial charge in [-0.2, -0.15) is 0 Å². The number of nitrogens with zero attached hydrogens (tertiary/aromatic N) is 1. The van der Waals surface area contributed by atoms with Crippen LogP contribution in [0.5, 0.6) is 0 Å².